The van der Waals surface area contributed by atoms with Gasteiger partial charge in [-0.1, -0.05) is 42.7 Å². The molecule has 1 aromatic heterocycles. The number of benzene rings is 1. The predicted octanol–water partition coefficient (Wildman–Crippen LogP) is 4.94. The van der Waals surface area contributed by atoms with Gasteiger partial charge in [-0.25, -0.2) is 0 Å². The molecule has 2 atom stereocenters. The average molecular weight is 330 g/mol. The van der Waals surface area contributed by atoms with Gasteiger partial charge in [0.2, 0.25) is 5.91 Å². The van der Waals surface area contributed by atoms with Gasteiger partial charge in [0, 0.05) is 6.04 Å². The number of rotatable bonds is 1. The summed E-state index contributed by atoms with van der Waals surface area (Å²) in [7, 11) is 0. The lowest BCUT2D eigenvalue weighted by molar-refractivity contribution is -0.123. The molecule has 1 N–H and O–H groups in total. The minimum atomic E-state index is 0.0907. The summed E-state index contributed by atoms with van der Waals surface area (Å²) in [5, 5.41) is 3.13. The second kappa shape index (κ2) is 5.32. The SMILES string of the molecule is Cc1cccc(-c2sc(=S)n3c2NC(=O)C2CCCCC23)c1. The van der Waals surface area contributed by atoms with Crippen molar-refractivity contribution in [3.8, 4) is 10.4 Å². The van der Waals surface area contributed by atoms with Gasteiger partial charge in [0.05, 0.1) is 10.8 Å². The summed E-state index contributed by atoms with van der Waals surface area (Å²) < 4.78 is 3.09. The maximum atomic E-state index is 12.5. The van der Waals surface area contributed by atoms with Crippen LogP contribution in [0, 0.1) is 16.8 Å². The zero-order valence-corrected chi connectivity index (χ0v) is 14.1. The molecule has 2 heterocycles. The molecule has 4 rings (SSSR count). The first-order chi connectivity index (χ1) is 10.6. The van der Waals surface area contributed by atoms with Crippen molar-refractivity contribution in [2.45, 2.75) is 38.6 Å². The number of anilines is 1. The molecule has 1 aromatic carbocycles. The van der Waals surface area contributed by atoms with Gasteiger partial charge < -0.3 is 9.88 Å². The summed E-state index contributed by atoms with van der Waals surface area (Å²) in [6.45, 7) is 2.08. The quantitative estimate of drug-likeness (QED) is 0.752. The molecule has 1 amide bonds. The second-order valence-corrected chi connectivity index (χ2v) is 7.88. The topological polar surface area (TPSA) is 34.0 Å². The van der Waals surface area contributed by atoms with E-state index in [4.69, 9.17) is 12.2 Å². The number of thiazole rings is 1. The molecule has 114 valence electrons. The molecule has 1 saturated carbocycles. The van der Waals surface area contributed by atoms with E-state index in [1.54, 1.807) is 11.3 Å². The Labute approximate surface area is 139 Å². The molecule has 22 heavy (non-hydrogen) atoms. The lowest BCUT2D eigenvalue weighted by Gasteiger charge is -2.36. The van der Waals surface area contributed by atoms with Crippen LogP contribution in [0.2, 0.25) is 0 Å². The third-order valence-electron chi connectivity index (χ3n) is 4.76. The van der Waals surface area contributed by atoms with E-state index in [0.29, 0.717) is 0 Å². The van der Waals surface area contributed by atoms with E-state index in [1.165, 1.54) is 12.0 Å². The van der Waals surface area contributed by atoms with Gasteiger partial charge in [0.15, 0.2) is 3.95 Å². The fourth-order valence-electron chi connectivity index (χ4n) is 3.72. The predicted molar refractivity (Wildman–Crippen MR) is 92.9 cm³/mol. The normalized spacial score (nSPS) is 23.6. The summed E-state index contributed by atoms with van der Waals surface area (Å²) >= 11 is 7.24. The molecule has 0 saturated heterocycles. The van der Waals surface area contributed by atoms with Crippen molar-refractivity contribution in [1.29, 1.82) is 0 Å². The number of carbonyl (C=O) groups is 1. The summed E-state index contributed by atoms with van der Waals surface area (Å²) in [6, 6.07) is 8.63. The molecule has 1 aliphatic heterocycles. The van der Waals surface area contributed by atoms with E-state index in [9.17, 15) is 4.79 Å². The maximum absolute atomic E-state index is 12.5. The van der Waals surface area contributed by atoms with Crippen molar-refractivity contribution in [1.82, 2.24) is 4.57 Å². The van der Waals surface area contributed by atoms with E-state index >= 15 is 0 Å². The first kappa shape index (κ1) is 14.2. The Morgan fingerprint density at radius 2 is 2.14 bits per heavy atom. The highest BCUT2D eigenvalue weighted by Gasteiger charge is 2.39. The Morgan fingerprint density at radius 3 is 2.95 bits per heavy atom. The highest BCUT2D eigenvalue weighted by molar-refractivity contribution is 7.73. The van der Waals surface area contributed by atoms with Gasteiger partial charge in [0.25, 0.3) is 0 Å². The van der Waals surface area contributed by atoms with Gasteiger partial charge in [-0.2, -0.15) is 0 Å². The van der Waals surface area contributed by atoms with E-state index in [-0.39, 0.29) is 17.9 Å². The average Bonchev–Trinajstić information content (AvgIpc) is 2.84. The van der Waals surface area contributed by atoms with Crippen LogP contribution >= 0.6 is 23.6 Å². The molecule has 2 aromatic rings. The smallest absolute Gasteiger partial charge is 0.230 e. The van der Waals surface area contributed by atoms with Crippen LogP contribution in [0.15, 0.2) is 24.3 Å². The lowest BCUT2D eigenvalue weighted by atomic mass is 9.82. The summed E-state index contributed by atoms with van der Waals surface area (Å²) in [6.07, 6.45) is 4.37. The second-order valence-electron chi connectivity index (χ2n) is 6.23. The van der Waals surface area contributed by atoms with Crippen LogP contribution < -0.4 is 5.32 Å². The molecule has 1 fully saturated rings. The molecule has 0 radical (unpaired) electrons. The highest BCUT2D eigenvalue weighted by atomic mass is 32.1. The van der Waals surface area contributed by atoms with E-state index in [1.807, 2.05) is 0 Å². The fourth-order valence-corrected chi connectivity index (χ4v) is 5.19. The maximum Gasteiger partial charge on any atom is 0.230 e. The number of carbonyl (C=O) groups excluding carboxylic acids is 1. The van der Waals surface area contributed by atoms with Gasteiger partial charge >= 0.3 is 0 Å². The van der Waals surface area contributed by atoms with Crippen LogP contribution in [0.4, 0.5) is 5.82 Å². The molecule has 2 aliphatic rings. The molecular formula is C17H18N2OS2. The summed E-state index contributed by atoms with van der Waals surface area (Å²) in [5.41, 5.74) is 2.35. The fraction of sp³-hybridized carbons (Fsp3) is 0.412. The van der Waals surface area contributed by atoms with E-state index in [2.05, 4.69) is 41.1 Å². The Morgan fingerprint density at radius 1 is 1.32 bits per heavy atom. The number of nitrogens with one attached hydrogen (secondary N) is 1. The number of aromatic nitrogens is 1. The van der Waals surface area contributed by atoms with Crippen molar-refractivity contribution in [3.63, 3.8) is 0 Å². The van der Waals surface area contributed by atoms with Gasteiger partial charge in [-0.3, -0.25) is 4.79 Å². The Hall–Kier alpha value is -1.46. The van der Waals surface area contributed by atoms with E-state index in [0.717, 1.165) is 39.5 Å². The number of amides is 1. The van der Waals surface area contributed by atoms with Crippen LogP contribution in [-0.4, -0.2) is 10.5 Å². The minimum Gasteiger partial charge on any atom is -0.311 e. The van der Waals surface area contributed by atoms with Gasteiger partial charge in [-0.05, 0) is 37.5 Å². The van der Waals surface area contributed by atoms with Crippen molar-refractivity contribution in [3.05, 3.63) is 33.8 Å². The van der Waals surface area contributed by atoms with Crippen LogP contribution in [0.3, 0.4) is 0 Å². The Kier molecular flexibility index (Phi) is 3.42. The third-order valence-corrected chi connectivity index (χ3v) is 6.21. The van der Waals surface area contributed by atoms with Gasteiger partial charge in [0.1, 0.15) is 5.82 Å². The number of hydrogen-bond acceptors (Lipinski definition) is 3. The zero-order valence-electron chi connectivity index (χ0n) is 12.5. The first-order valence-electron chi connectivity index (χ1n) is 7.78. The van der Waals surface area contributed by atoms with Crippen LogP contribution in [0.5, 0.6) is 0 Å². The van der Waals surface area contributed by atoms with Gasteiger partial charge in [-0.15, -0.1) is 11.3 Å². The number of fused-ring (bicyclic) bond motifs is 3. The van der Waals surface area contributed by atoms with E-state index < -0.39 is 0 Å². The van der Waals surface area contributed by atoms with Crippen molar-refractivity contribution < 1.29 is 4.79 Å². The standard InChI is InChI=1S/C17H18N2OS2/c1-10-5-4-6-11(9-10)14-15-18-16(20)12-7-2-3-8-13(12)19(15)17(21)22-14/h4-6,9,12-13H,2-3,7-8H2,1H3,(H,18,20). The number of aryl methyl sites for hydroxylation is 1. The monoisotopic (exact) mass is 330 g/mol. The lowest BCUT2D eigenvalue weighted by Crippen LogP contribution is -2.39. The van der Waals surface area contributed by atoms with Crippen LogP contribution in [0.25, 0.3) is 10.4 Å². The largest absolute Gasteiger partial charge is 0.311 e. The third kappa shape index (κ3) is 2.15. The Balaban J connectivity index is 1.88. The molecule has 1 aliphatic carbocycles. The van der Waals surface area contributed by atoms with Crippen molar-refractivity contribution in [2.24, 2.45) is 5.92 Å². The summed E-state index contributed by atoms with van der Waals surface area (Å²) in [5.74, 6) is 1.17. The number of nitrogens with zero attached hydrogens (tertiary/aromatic N) is 1. The van der Waals surface area contributed by atoms with Crippen molar-refractivity contribution >= 4 is 35.3 Å². The first-order valence-corrected chi connectivity index (χ1v) is 9.01. The molecule has 3 nitrogen and oxygen atoms in total. The zero-order chi connectivity index (χ0) is 15.3. The molecule has 0 spiro atoms. The Bertz CT molecular complexity index is 805. The van der Waals surface area contributed by atoms with Crippen LogP contribution in [-0.2, 0) is 4.79 Å². The highest BCUT2D eigenvalue weighted by Crippen LogP contribution is 2.46. The van der Waals surface area contributed by atoms with Crippen LogP contribution in [0.1, 0.15) is 37.3 Å². The molecule has 2 unspecified atom stereocenters. The molecule has 5 heteroatoms. The number of hydrogen-bond donors (Lipinski definition) is 1. The molecular weight excluding hydrogens is 312 g/mol. The molecule has 0 bridgehead atoms. The summed E-state index contributed by atoms with van der Waals surface area (Å²) in [4.78, 5) is 13.6. The minimum absolute atomic E-state index is 0.0907. The van der Waals surface area contributed by atoms with Crippen molar-refractivity contribution in [2.75, 3.05) is 5.32 Å².